The summed E-state index contributed by atoms with van der Waals surface area (Å²) in [5, 5.41) is 9.48. The fourth-order valence-corrected chi connectivity index (χ4v) is 3.11. The molecule has 0 saturated heterocycles. The average Bonchev–Trinajstić information content (AvgIpc) is 3.04. The molecule has 22 heavy (non-hydrogen) atoms. The van der Waals surface area contributed by atoms with Crippen molar-refractivity contribution in [1.29, 1.82) is 0 Å². The van der Waals surface area contributed by atoms with Crippen LogP contribution in [0.4, 0.5) is 5.13 Å². The molecule has 7 heteroatoms. The Bertz CT molecular complexity index is 721. The predicted molar refractivity (Wildman–Crippen MR) is 90.9 cm³/mol. The molecular formula is C15H17ClN4OS. The number of hydrogen-bond donors (Lipinski definition) is 1. The van der Waals surface area contributed by atoms with E-state index in [9.17, 15) is 0 Å². The molecule has 116 valence electrons. The molecule has 0 radical (unpaired) electrons. The van der Waals surface area contributed by atoms with Crippen LogP contribution in [0.1, 0.15) is 13.3 Å². The van der Waals surface area contributed by atoms with Gasteiger partial charge in [-0.15, -0.1) is 5.10 Å². The Hall–Kier alpha value is -1.63. The fourth-order valence-electron chi connectivity index (χ4n) is 2.10. The Labute approximate surface area is 137 Å². The molecule has 1 atom stereocenters. The minimum atomic E-state index is 0.312. The highest BCUT2D eigenvalue weighted by atomic mass is 35.5. The molecule has 3 rings (SSSR count). The van der Waals surface area contributed by atoms with Crippen molar-refractivity contribution in [2.24, 2.45) is 0 Å². The topological polar surface area (TPSA) is 51.5 Å². The van der Waals surface area contributed by atoms with Gasteiger partial charge in [-0.3, -0.25) is 0 Å². The van der Waals surface area contributed by atoms with E-state index in [1.807, 2.05) is 30.5 Å². The summed E-state index contributed by atoms with van der Waals surface area (Å²) in [5.41, 5.74) is 1.93. The highest BCUT2D eigenvalue weighted by molar-refractivity contribution is 7.20. The third kappa shape index (κ3) is 3.40. The molecule has 2 aromatic heterocycles. The number of fused-ring (bicyclic) bond motifs is 1. The maximum absolute atomic E-state index is 5.91. The van der Waals surface area contributed by atoms with Crippen LogP contribution < -0.4 is 5.32 Å². The van der Waals surface area contributed by atoms with Crippen LogP contribution in [0.15, 0.2) is 30.5 Å². The molecule has 0 aliphatic rings. The molecule has 2 heterocycles. The highest BCUT2D eigenvalue weighted by Crippen LogP contribution is 2.25. The van der Waals surface area contributed by atoms with Gasteiger partial charge in [0.2, 0.25) is 10.1 Å². The molecule has 1 unspecified atom stereocenters. The second-order valence-electron chi connectivity index (χ2n) is 5.09. The molecule has 0 aliphatic heterocycles. The fraction of sp³-hybridized carbons (Fsp3) is 0.333. The Morgan fingerprint density at radius 3 is 2.82 bits per heavy atom. The number of ether oxygens (including phenoxy) is 1. The van der Waals surface area contributed by atoms with Crippen molar-refractivity contribution in [1.82, 2.24) is 14.6 Å². The van der Waals surface area contributed by atoms with Crippen molar-refractivity contribution in [3.8, 4) is 11.3 Å². The summed E-state index contributed by atoms with van der Waals surface area (Å²) in [6, 6.07) is 7.96. The number of hydrogen-bond acceptors (Lipinski definition) is 5. The number of rotatable bonds is 6. The van der Waals surface area contributed by atoms with Gasteiger partial charge in [0, 0.05) is 30.3 Å². The number of aromatic nitrogens is 3. The van der Waals surface area contributed by atoms with Crippen LogP contribution in [-0.4, -0.2) is 34.4 Å². The van der Waals surface area contributed by atoms with E-state index < -0.39 is 0 Å². The third-order valence-corrected chi connectivity index (χ3v) is 4.41. The van der Waals surface area contributed by atoms with Crippen LogP contribution in [0.3, 0.4) is 0 Å². The van der Waals surface area contributed by atoms with Gasteiger partial charge < -0.3 is 10.1 Å². The Balaban J connectivity index is 1.76. The summed E-state index contributed by atoms with van der Waals surface area (Å²) in [6.07, 6.45) is 2.87. The SMILES string of the molecule is COCCC(C)Nc1nn2cc(-c3ccc(Cl)cc3)nc2s1. The molecule has 3 aromatic rings. The summed E-state index contributed by atoms with van der Waals surface area (Å²) in [6.45, 7) is 2.85. The molecule has 0 amide bonds. The Morgan fingerprint density at radius 2 is 2.14 bits per heavy atom. The van der Waals surface area contributed by atoms with Crippen molar-refractivity contribution < 1.29 is 4.74 Å². The van der Waals surface area contributed by atoms with Crippen LogP contribution in [0, 0.1) is 0 Å². The van der Waals surface area contributed by atoms with Crippen molar-refractivity contribution in [3.05, 3.63) is 35.5 Å². The van der Waals surface area contributed by atoms with Crippen molar-refractivity contribution in [2.45, 2.75) is 19.4 Å². The maximum atomic E-state index is 5.91. The van der Waals surface area contributed by atoms with Gasteiger partial charge in [0.1, 0.15) is 0 Å². The van der Waals surface area contributed by atoms with E-state index in [4.69, 9.17) is 16.3 Å². The molecule has 1 N–H and O–H groups in total. The van der Waals surface area contributed by atoms with Crippen LogP contribution in [0.5, 0.6) is 0 Å². The second kappa shape index (κ2) is 6.64. The van der Waals surface area contributed by atoms with Gasteiger partial charge in [0.05, 0.1) is 11.9 Å². The molecule has 0 spiro atoms. The molecule has 0 aliphatic carbocycles. The van der Waals surface area contributed by atoms with E-state index in [1.54, 1.807) is 23.0 Å². The van der Waals surface area contributed by atoms with Crippen LogP contribution in [0.25, 0.3) is 16.2 Å². The highest BCUT2D eigenvalue weighted by Gasteiger charge is 2.11. The average molecular weight is 337 g/mol. The number of methoxy groups -OCH3 is 1. The second-order valence-corrected chi connectivity index (χ2v) is 6.49. The normalized spacial score (nSPS) is 12.7. The monoisotopic (exact) mass is 336 g/mol. The number of benzene rings is 1. The van der Waals surface area contributed by atoms with E-state index in [1.165, 1.54) is 0 Å². The Kier molecular flexibility index (Phi) is 4.61. The lowest BCUT2D eigenvalue weighted by atomic mass is 10.2. The van der Waals surface area contributed by atoms with Gasteiger partial charge in [0.25, 0.3) is 0 Å². The number of nitrogens with one attached hydrogen (secondary N) is 1. The van der Waals surface area contributed by atoms with E-state index in [-0.39, 0.29) is 0 Å². The zero-order valence-electron chi connectivity index (χ0n) is 12.4. The molecule has 1 aromatic carbocycles. The lowest BCUT2D eigenvalue weighted by Crippen LogP contribution is -2.17. The largest absolute Gasteiger partial charge is 0.385 e. The van der Waals surface area contributed by atoms with E-state index in [2.05, 4.69) is 22.3 Å². The summed E-state index contributed by atoms with van der Waals surface area (Å²) < 4.78 is 6.89. The van der Waals surface area contributed by atoms with Crippen molar-refractivity contribution >= 4 is 33.0 Å². The molecule has 5 nitrogen and oxygen atoms in total. The van der Waals surface area contributed by atoms with Gasteiger partial charge in [0.15, 0.2) is 0 Å². The quantitative estimate of drug-likeness (QED) is 0.740. The first-order valence-corrected chi connectivity index (χ1v) is 8.23. The van der Waals surface area contributed by atoms with Crippen LogP contribution in [-0.2, 0) is 4.74 Å². The first-order chi connectivity index (χ1) is 10.7. The van der Waals surface area contributed by atoms with Crippen LogP contribution >= 0.6 is 22.9 Å². The number of halogens is 1. The number of imidazole rings is 1. The van der Waals surface area contributed by atoms with Gasteiger partial charge in [-0.2, -0.15) is 0 Å². The summed E-state index contributed by atoms with van der Waals surface area (Å²) in [4.78, 5) is 5.48. The zero-order valence-corrected chi connectivity index (χ0v) is 14.0. The minimum Gasteiger partial charge on any atom is -0.385 e. The van der Waals surface area contributed by atoms with Crippen LogP contribution in [0.2, 0.25) is 5.02 Å². The minimum absolute atomic E-state index is 0.312. The first-order valence-electron chi connectivity index (χ1n) is 7.03. The number of nitrogens with zero attached hydrogens (tertiary/aromatic N) is 3. The summed E-state index contributed by atoms with van der Waals surface area (Å²) in [7, 11) is 1.71. The van der Waals surface area contributed by atoms with Crippen molar-refractivity contribution in [3.63, 3.8) is 0 Å². The lowest BCUT2D eigenvalue weighted by Gasteiger charge is -2.10. The first kappa shape index (κ1) is 15.3. The lowest BCUT2D eigenvalue weighted by molar-refractivity contribution is 0.191. The molecular weight excluding hydrogens is 320 g/mol. The smallest absolute Gasteiger partial charge is 0.214 e. The van der Waals surface area contributed by atoms with Gasteiger partial charge >= 0.3 is 0 Å². The predicted octanol–water partition coefficient (Wildman–Crippen LogP) is 3.95. The van der Waals surface area contributed by atoms with Gasteiger partial charge in [-0.1, -0.05) is 35.1 Å². The molecule has 0 saturated carbocycles. The standard InChI is InChI=1S/C15H17ClN4OS/c1-10(7-8-21-2)17-14-19-20-9-13(18-15(20)22-14)11-3-5-12(16)6-4-11/h3-6,9-10H,7-8H2,1-2H3,(H,17,19). The van der Waals surface area contributed by atoms with E-state index in [0.29, 0.717) is 6.04 Å². The number of anilines is 1. The molecule has 0 bridgehead atoms. The summed E-state index contributed by atoms with van der Waals surface area (Å²) >= 11 is 7.45. The maximum Gasteiger partial charge on any atom is 0.214 e. The molecule has 0 fully saturated rings. The van der Waals surface area contributed by atoms with Gasteiger partial charge in [-0.25, -0.2) is 9.50 Å². The summed E-state index contributed by atoms with van der Waals surface area (Å²) in [5.74, 6) is 0. The van der Waals surface area contributed by atoms with Gasteiger partial charge in [-0.05, 0) is 25.5 Å². The Morgan fingerprint density at radius 1 is 1.36 bits per heavy atom. The zero-order chi connectivity index (χ0) is 15.5. The van der Waals surface area contributed by atoms with E-state index >= 15 is 0 Å². The third-order valence-electron chi connectivity index (χ3n) is 3.31. The van der Waals surface area contributed by atoms with E-state index in [0.717, 1.165) is 39.4 Å². The van der Waals surface area contributed by atoms with Crippen molar-refractivity contribution in [2.75, 3.05) is 19.0 Å².